The van der Waals surface area contributed by atoms with Crippen LogP contribution in [-0.2, 0) is 23.1 Å². The van der Waals surface area contributed by atoms with Gasteiger partial charge in [-0.2, -0.15) is 17.6 Å². The number of unbranched alkanes of at least 4 members (excludes halogenated alkanes) is 2. The predicted octanol–water partition coefficient (Wildman–Crippen LogP) is 7.80. The number of ether oxygens (including phenoxy) is 1. The molecule has 0 spiro atoms. The fraction of sp³-hybridized carbons (Fsp3) is 0.345. The molecule has 3 rings (SSSR count). The van der Waals surface area contributed by atoms with Gasteiger partial charge >= 0.3 is 18.5 Å². The molecular formula is C29H29F5O3. The molecule has 0 bridgehead atoms. The van der Waals surface area contributed by atoms with Gasteiger partial charge in [0.15, 0.2) is 0 Å². The largest absolute Gasteiger partial charge is 0.481 e. The van der Waals surface area contributed by atoms with E-state index in [1.165, 1.54) is 12.1 Å². The van der Waals surface area contributed by atoms with E-state index in [-0.39, 0.29) is 6.42 Å². The molecule has 8 heteroatoms. The van der Waals surface area contributed by atoms with Crippen molar-refractivity contribution in [2.45, 2.75) is 63.4 Å². The minimum Gasteiger partial charge on any atom is -0.481 e. The zero-order valence-electron chi connectivity index (χ0n) is 20.4. The van der Waals surface area contributed by atoms with Crippen LogP contribution < -0.4 is 4.74 Å². The van der Waals surface area contributed by atoms with E-state index in [0.717, 1.165) is 29.5 Å². The number of halogens is 5. The van der Waals surface area contributed by atoms with Gasteiger partial charge in [0.1, 0.15) is 11.6 Å². The maximum atomic E-state index is 14.6. The summed E-state index contributed by atoms with van der Waals surface area (Å²) in [4.78, 5) is 10.7. The van der Waals surface area contributed by atoms with Crippen molar-refractivity contribution in [3.05, 3.63) is 101 Å². The van der Waals surface area contributed by atoms with Crippen molar-refractivity contribution in [3.8, 4) is 5.75 Å². The first-order chi connectivity index (χ1) is 17.5. The predicted molar refractivity (Wildman–Crippen MR) is 131 cm³/mol. The Kier molecular flexibility index (Phi) is 9.29. The van der Waals surface area contributed by atoms with Gasteiger partial charge in [-0.1, -0.05) is 67.9 Å². The van der Waals surface area contributed by atoms with E-state index < -0.39 is 35.5 Å². The summed E-state index contributed by atoms with van der Waals surface area (Å²) in [5.74, 6) is -2.40. The number of alkyl halides is 4. The average Bonchev–Trinajstić information content (AvgIpc) is 2.83. The summed E-state index contributed by atoms with van der Waals surface area (Å²) < 4.78 is 71.5. The Morgan fingerprint density at radius 3 is 2.27 bits per heavy atom. The Bertz CT molecular complexity index is 1180. The first-order valence-electron chi connectivity index (χ1n) is 12.0. The second-order valence-corrected chi connectivity index (χ2v) is 9.29. The molecule has 37 heavy (non-hydrogen) atoms. The number of aryl methyl sites for hydroxylation is 1. The SMILES string of the molecule is C[C@](Cc1ccccc1)(c1cccc(CCCCCC(=O)O)c1)c1cc(F)cc(OC(F)(F)C(F)F)c1. The molecule has 3 aromatic carbocycles. The molecule has 0 heterocycles. The van der Waals surface area contributed by atoms with E-state index in [1.807, 2.05) is 61.5 Å². The van der Waals surface area contributed by atoms with Crippen LogP contribution in [0.4, 0.5) is 22.0 Å². The average molecular weight is 521 g/mol. The highest BCUT2D eigenvalue weighted by Crippen LogP contribution is 2.39. The lowest BCUT2D eigenvalue weighted by Crippen LogP contribution is -2.34. The first-order valence-corrected chi connectivity index (χ1v) is 12.0. The van der Waals surface area contributed by atoms with Gasteiger partial charge < -0.3 is 9.84 Å². The Morgan fingerprint density at radius 1 is 0.892 bits per heavy atom. The van der Waals surface area contributed by atoms with E-state index in [9.17, 15) is 26.7 Å². The summed E-state index contributed by atoms with van der Waals surface area (Å²) in [6, 6.07) is 20.0. The van der Waals surface area contributed by atoms with E-state index in [4.69, 9.17) is 5.11 Å². The topological polar surface area (TPSA) is 46.5 Å². The maximum absolute atomic E-state index is 14.6. The number of carbonyl (C=O) groups is 1. The summed E-state index contributed by atoms with van der Waals surface area (Å²) >= 11 is 0. The molecule has 0 aliphatic heterocycles. The highest BCUT2D eigenvalue weighted by molar-refractivity contribution is 5.66. The minimum atomic E-state index is -4.76. The van der Waals surface area contributed by atoms with Crippen LogP contribution in [0.15, 0.2) is 72.8 Å². The number of carboxylic acids is 1. The lowest BCUT2D eigenvalue weighted by atomic mass is 9.71. The van der Waals surface area contributed by atoms with E-state index in [1.54, 1.807) is 0 Å². The molecular weight excluding hydrogens is 491 g/mol. The molecule has 0 amide bonds. The van der Waals surface area contributed by atoms with Crippen LogP contribution >= 0.6 is 0 Å². The normalized spacial score (nSPS) is 13.4. The van der Waals surface area contributed by atoms with Crippen molar-refractivity contribution < 1.29 is 36.6 Å². The van der Waals surface area contributed by atoms with Crippen molar-refractivity contribution in [1.82, 2.24) is 0 Å². The zero-order chi connectivity index (χ0) is 27.1. The lowest BCUT2D eigenvalue weighted by molar-refractivity contribution is -0.253. The third-order valence-electron chi connectivity index (χ3n) is 6.34. The molecule has 3 aromatic rings. The highest BCUT2D eigenvalue weighted by atomic mass is 19.3. The second kappa shape index (κ2) is 12.2. The minimum absolute atomic E-state index is 0.115. The van der Waals surface area contributed by atoms with Gasteiger partial charge in [-0.05, 0) is 60.1 Å². The molecule has 0 radical (unpaired) electrons. The summed E-state index contributed by atoms with van der Waals surface area (Å²) in [5, 5.41) is 8.80. The third-order valence-corrected chi connectivity index (χ3v) is 6.34. The smallest absolute Gasteiger partial charge is 0.461 e. The van der Waals surface area contributed by atoms with Crippen molar-refractivity contribution in [1.29, 1.82) is 0 Å². The van der Waals surface area contributed by atoms with Crippen molar-refractivity contribution in [3.63, 3.8) is 0 Å². The number of rotatable bonds is 13. The van der Waals surface area contributed by atoms with Crippen LogP contribution in [0, 0.1) is 5.82 Å². The molecule has 0 aromatic heterocycles. The summed E-state index contributed by atoms with van der Waals surface area (Å²) in [6.45, 7) is 1.84. The van der Waals surface area contributed by atoms with E-state index in [0.29, 0.717) is 30.9 Å². The number of hydrogen-bond donors (Lipinski definition) is 1. The van der Waals surface area contributed by atoms with Crippen LogP contribution in [0.25, 0.3) is 0 Å². The lowest BCUT2D eigenvalue weighted by Gasteiger charge is -2.32. The molecule has 3 nitrogen and oxygen atoms in total. The molecule has 0 aliphatic rings. The quantitative estimate of drug-likeness (QED) is 0.185. The standard InChI is InChI=1S/C29H29F5O3/c1-28(19-21-10-5-2-6-11-21,22-13-8-12-20(15-22)9-4-3-7-14-26(35)36)23-16-24(30)18-25(17-23)37-29(33,34)27(31)32/h2,5-6,8,10-13,15-18,27H,3-4,7,9,14,19H2,1H3,(H,35,36)/t28-/m0/s1. The molecule has 0 fully saturated rings. The van der Waals surface area contributed by atoms with Gasteiger partial charge in [0.2, 0.25) is 0 Å². The maximum Gasteiger partial charge on any atom is 0.461 e. The molecule has 0 saturated heterocycles. The van der Waals surface area contributed by atoms with Crippen LogP contribution in [0.5, 0.6) is 5.75 Å². The Morgan fingerprint density at radius 2 is 1.59 bits per heavy atom. The first kappa shape index (κ1) is 28.2. The molecule has 1 N–H and O–H groups in total. The second-order valence-electron chi connectivity index (χ2n) is 9.29. The van der Waals surface area contributed by atoms with Gasteiger partial charge in [0.25, 0.3) is 0 Å². The summed E-state index contributed by atoms with van der Waals surface area (Å²) in [6.07, 6.45) is -5.52. The van der Waals surface area contributed by atoms with Gasteiger partial charge in [-0.3, -0.25) is 4.79 Å². The fourth-order valence-electron chi connectivity index (χ4n) is 4.37. The number of hydrogen-bond acceptors (Lipinski definition) is 2. The van der Waals surface area contributed by atoms with Crippen molar-refractivity contribution in [2.75, 3.05) is 0 Å². The van der Waals surface area contributed by atoms with Gasteiger partial charge in [-0.15, -0.1) is 0 Å². The Hall–Kier alpha value is -3.42. The number of carboxylic acid groups (broad SMARTS) is 1. The van der Waals surface area contributed by atoms with Crippen LogP contribution in [0.1, 0.15) is 54.9 Å². The molecule has 1 atom stereocenters. The van der Waals surface area contributed by atoms with Gasteiger partial charge in [0, 0.05) is 17.9 Å². The van der Waals surface area contributed by atoms with E-state index >= 15 is 0 Å². The van der Waals surface area contributed by atoms with Crippen LogP contribution in [0.3, 0.4) is 0 Å². The van der Waals surface area contributed by atoms with Crippen LogP contribution in [-0.4, -0.2) is 23.6 Å². The van der Waals surface area contributed by atoms with Crippen LogP contribution in [0.2, 0.25) is 0 Å². The van der Waals surface area contributed by atoms with E-state index in [2.05, 4.69) is 4.74 Å². The monoisotopic (exact) mass is 520 g/mol. The molecule has 0 aliphatic carbocycles. The third kappa shape index (κ3) is 7.78. The number of aliphatic carboxylic acids is 1. The molecule has 198 valence electrons. The molecule has 0 saturated carbocycles. The molecule has 0 unspecified atom stereocenters. The summed E-state index contributed by atoms with van der Waals surface area (Å²) in [7, 11) is 0. The Balaban J connectivity index is 1.97. The van der Waals surface area contributed by atoms with Crippen molar-refractivity contribution in [2.24, 2.45) is 0 Å². The van der Waals surface area contributed by atoms with Crippen molar-refractivity contribution >= 4 is 5.97 Å². The number of benzene rings is 3. The highest BCUT2D eigenvalue weighted by Gasteiger charge is 2.44. The summed E-state index contributed by atoms with van der Waals surface area (Å²) in [5.41, 5.74) is 2.07. The van der Waals surface area contributed by atoms with Gasteiger partial charge in [0.05, 0.1) is 0 Å². The Labute approximate surface area is 212 Å². The van der Waals surface area contributed by atoms with Gasteiger partial charge in [-0.25, -0.2) is 4.39 Å². The zero-order valence-corrected chi connectivity index (χ0v) is 20.4. The fourth-order valence-corrected chi connectivity index (χ4v) is 4.37.